The second-order valence-corrected chi connectivity index (χ2v) is 6.01. The van der Waals surface area contributed by atoms with E-state index in [2.05, 4.69) is 55.4 Å². The first-order valence-corrected chi connectivity index (χ1v) is 6.59. The van der Waals surface area contributed by atoms with E-state index in [1.807, 2.05) is 0 Å². The maximum atomic E-state index is 5.34. The third kappa shape index (κ3) is 2.66. The summed E-state index contributed by atoms with van der Waals surface area (Å²) in [5.41, 5.74) is 2.68. The molecule has 0 bridgehead atoms. The maximum absolute atomic E-state index is 5.34. The SMILES string of the molecule is CN(C)C1=CC(=S)S[C@H](c2ccccc2)C1. The lowest BCUT2D eigenvalue weighted by Gasteiger charge is -2.27. The molecular formula is C13H15NS2. The van der Waals surface area contributed by atoms with E-state index in [1.165, 1.54) is 11.3 Å². The summed E-state index contributed by atoms with van der Waals surface area (Å²) in [5, 5.41) is 0.469. The Balaban J connectivity index is 2.21. The lowest BCUT2D eigenvalue weighted by molar-refractivity contribution is 0.485. The van der Waals surface area contributed by atoms with Crippen LogP contribution in [0, 0.1) is 0 Å². The molecule has 1 aliphatic heterocycles. The molecular weight excluding hydrogens is 234 g/mol. The molecule has 0 amide bonds. The number of thiocarbonyl (C=S) groups is 1. The number of rotatable bonds is 2. The monoisotopic (exact) mass is 249 g/mol. The second kappa shape index (κ2) is 5.02. The van der Waals surface area contributed by atoms with Crippen LogP contribution in [0.15, 0.2) is 42.1 Å². The van der Waals surface area contributed by atoms with Crippen molar-refractivity contribution in [2.45, 2.75) is 11.7 Å². The fourth-order valence-electron chi connectivity index (χ4n) is 1.77. The smallest absolute Gasteiger partial charge is 0.0729 e. The molecule has 0 spiro atoms. The van der Waals surface area contributed by atoms with E-state index in [0.29, 0.717) is 5.25 Å². The fraction of sp³-hybridized carbons (Fsp3) is 0.308. The second-order valence-electron chi connectivity index (χ2n) is 4.07. The van der Waals surface area contributed by atoms with Crippen molar-refractivity contribution in [3.8, 4) is 0 Å². The van der Waals surface area contributed by atoms with Crippen LogP contribution in [0.2, 0.25) is 0 Å². The average Bonchev–Trinajstić information content (AvgIpc) is 2.29. The lowest BCUT2D eigenvalue weighted by Crippen LogP contribution is -2.17. The predicted molar refractivity (Wildman–Crippen MR) is 75.8 cm³/mol. The average molecular weight is 249 g/mol. The molecule has 1 heterocycles. The van der Waals surface area contributed by atoms with E-state index in [4.69, 9.17) is 12.2 Å². The van der Waals surface area contributed by atoms with Crippen LogP contribution in [-0.4, -0.2) is 23.2 Å². The lowest BCUT2D eigenvalue weighted by atomic mass is 10.1. The van der Waals surface area contributed by atoms with E-state index in [0.717, 1.165) is 10.6 Å². The van der Waals surface area contributed by atoms with Gasteiger partial charge in [-0.2, -0.15) is 0 Å². The molecule has 16 heavy (non-hydrogen) atoms. The molecule has 2 rings (SSSR count). The molecule has 0 aliphatic carbocycles. The Morgan fingerprint density at radius 2 is 1.94 bits per heavy atom. The van der Waals surface area contributed by atoms with Gasteiger partial charge >= 0.3 is 0 Å². The summed E-state index contributed by atoms with van der Waals surface area (Å²) < 4.78 is 0.990. The normalized spacial score (nSPS) is 20.5. The van der Waals surface area contributed by atoms with Crippen molar-refractivity contribution in [3.63, 3.8) is 0 Å². The van der Waals surface area contributed by atoms with Crippen LogP contribution in [-0.2, 0) is 0 Å². The van der Waals surface area contributed by atoms with Gasteiger partial charge in [0, 0.05) is 31.5 Å². The first-order valence-electron chi connectivity index (χ1n) is 5.30. The van der Waals surface area contributed by atoms with Crippen LogP contribution in [0.1, 0.15) is 17.2 Å². The van der Waals surface area contributed by atoms with Crippen molar-refractivity contribution < 1.29 is 0 Å². The first-order chi connectivity index (χ1) is 7.66. The molecule has 1 atom stereocenters. The minimum Gasteiger partial charge on any atom is -0.381 e. The summed E-state index contributed by atoms with van der Waals surface area (Å²) in [5.74, 6) is 0. The van der Waals surface area contributed by atoms with E-state index >= 15 is 0 Å². The van der Waals surface area contributed by atoms with Gasteiger partial charge in [0.25, 0.3) is 0 Å². The van der Waals surface area contributed by atoms with E-state index in [-0.39, 0.29) is 0 Å². The Morgan fingerprint density at radius 1 is 1.25 bits per heavy atom. The molecule has 84 valence electrons. The standard InChI is InChI=1S/C13H15NS2/c1-14(2)11-8-12(16-13(15)9-11)10-6-4-3-5-7-10/h3-7,9,12H,8H2,1-2H3/t12-/m0/s1. The number of hydrogen-bond acceptors (Lipinski definition) is 3. The molecule has 0 unspecified atom stereocenters. The van der Waals surface area contributed by atoms with Crippen LogP contribution >= 0.6 is 24.0 Å². The van der Waals surface area contributed by atoms with Gasteiger partial charge in [0.15, 0.2) is 0 Å². The van der Waals surface area contributed by atoms with Gasteiger partial charge < -0.3 is 4.90 Å². The van der Waals surface area contributed by atoms with E-state index in [1.54, 1.807) is 11.8 Å². The molecule has 0 fully saturated rings. The van der Waals surface area contributed by atoms with Crippen molar-refractivity contribution in [1.82, 2.24) is 4.90 Å². The Bertz CT molecular complexity index is 409. The summed E-state index contributed by atoms with van der Waals surface area (Å²) in [4.78, 5) is 2.15. The summed E-state index contributed by atoms with van der Waals surface area (Å²) >= 11 is 7.13. The quantitative estimate of drug-likeness (QED) is 0.737. The van der Waals surface area contributed by atoms with Crippen LogP contribution in [0.3, 0.4) is 0 Å². The highest BCUT2D eigenvalue weighted by Gasteiger charge is 2.21. The van der Waals surface area contributed by atoms with Gasteiger partial charge in [0.1, 0.15) is 0 Å². The molecule has 0 saturated carbocycles. The van der Waals surface area contributed by atoms with Crippen molar-refractivity contribution in [2.75, 3.05) is 14.1 Å². The van der Waals surface area contributed by atoms with Crippen molar-refractivity contribution >= 4 is 28.2 Å². The Hall–Kier alpha value is -0.800. The molecule has 3 heteroatoms. The van der Waals surface area contributed by atoms with Gasteiger partial charge in [-0.1, -0.05) is 42.5 Å². The van der Waals surface area contributed by atoms with Crippen LogP contribution in [0.25, 0.3) is 0 Å². The van der Waals surface area contributed by atoms with Crippen LogP contribution < -0.4 is 0 Å². The van der Waals surface area contributed by atoms with E-state index in [9.17, 15) is 0 Å². The summed E-state index contributed by atoms with van der Waals surface area (Å²) in [6.45, 7) is 0. The van der Waals surface area contributed by atoms with Crippen molar-refractivity contribution in [1.29, 1.82) is 0 Å². The van der Waals surface area contributed by atoms with Crippen LogP contribution in [0.5, 0.6) is 0 Å². The topological polar surface area (TPSA) is 3.24 Å². The molecule has 1 nitrogen and oxygen atoms in total. The Labute approximate surface area is 107 Å². The number of thioether (sulfide) groups is 1. The van der Waals surface area contributed by atoms with Crippen molar-refractivity contribution in [2.24, 2.45) is 0 Å². The zero-order valence-electron chi connectivity index (χ0n) is 9.51. The summed E-state index contributed by atoms with van der Waals surface area (Å²) in [6, 6.07) is 10.6. The number of hydrogen-bond donors (Lipinski definition) is 0. The highest BCUT2D eigenvalue weighted by atomic mass is 32.2. The van der Waals surface area contributed by atoms with Crippen molar-refractivity contribution in [3.05, 3.63) is 47.7 Å². The zero-order chi connectivity index (χ0) is 11.5. The molecule has 0 saturated heterocycles. The third-order valence-electron chi connectivity index (χ3n) is 2.68. The Morgan fingerprint density at radius 3 is 2.56 bits per heavy atom. The molecule has 1 aromatic carbocycles. The number of allylic oxidation sites excluding steroid dienone is 1. The zero-order valence-corrected chi connectivity index (χ0v) is 11.1. The van der Waals surface area contributed by atoms with Gasteiger partial charge in [-0.15, -0.1) is 11.8 Å². The largest absolute Gasteiger partial charge is 0.381 e. The van der Waals surface area contributed by atoms with E-state index < -0.39 is 0 Å². The van der Waals surface area contributed by atoms with Gasteiger partial charge in [0.2, 0.25) is 0 Å². The highest BCUT2D eigenvalue weighted by molar-refractivity contribution is 8.23. The molecule has 1 aromatic rings. The van der Waals surface area contributed by atoms with Gasteiger partial charge in [0.05, 0.1) is 4.20 Å². The summed E-state index contributed by atoms with van der Waals surface area (Å²) in [7, 11) is 4.15. The number of benzene rings is 1. The third-order valence-corrected chi connectivity index (χ3v) is 4.16. The first kappa shape index (κ1) is 11.7. The van der Waals surface area contributed by atoms with Crippen LogP contribution in [0.4, 0.5) is 0 Å². The fourth-order valence-corrected chi connectivity index (χ4v) is 3.28. The van der Waals surface area contributed by atoms with Gasteiger partial charge in [-0.3, -0.25) is 0 Å². The predicted octanol–water partition coefficient (Wildman–Crippen LogP) is 3.64. The molecule has 0 aromatic heterocycles. The molecule has 1 aliphatic rings. The minimum atomic E-state index is 0.469. The minimum absolute atomic E-state index is 0.469. The maximum Gasteiger partial charge on any atom is 0.0729 e. The Kier molecular flexibility index (Phi) is 3.66. The van der Waals surface area contributed by atoms with Gasteiger partial charge in [-0.05, 0) is 11.6 Å². The number of nitrogens with zero attached hydrogens (tertiary/aromatic N) is 1. The van der Waals surface area contributed by atoms with Gasteiger partial charge in [-0.25, -0.2) is 0 Å². The summed E-state index contributed by atoms with van der Waals surface area (Å²) in [6.07, 6.45) is 3.17. The molecule has 0 N–H and O–H groups in total. The molecule has 0 radical (unpaired) electrons. The highest BCUT2D eigenvalue weighted by Crippen LogP contribution is 2.40.